The third-order valence-corrected chi connectivity index (χ3v) is 5.11. The molecule has 30 heavy (non-hydrogen) atoms. The molecule has 3 amide bonds. The lowest BCUT2D eigenvalue weighted by Gasteiger charge is -2.12. The number of hydrogen-bond donors (Lipinski definition) is 3. The minimum atomic E-state index is -0.316. The first-order valence-electron chi connectivity index (χ1n) is 9.00. The van der Waals surface area contributed by atoms with E-state index in [1.807, 2.05) is 0 Å². The molecule has 3 N–H and O–H groups in total. The molecule has 8 nitrogen and oxygen atoms in total. The van der Waals surface area contributed by atoms with Crippen LogP contribution in [0.4, 0.5) is 11.4 Å². The van der Waals surface area contributed by atoms with Crippen LogP contribution in [0.5, 0.6) is 5.75 Å². The Kier molecular flexibility index (Phi) is 6.76. The van der Waals surface area contributed by atoms with E-state index < -0.39 is 0 Å². The number of hydrogen-bond acceptors (Lipinski definition) is 6. The maximum Gasteiger partial charge on any atom is 0.265 e. The lowest BCUT2D eigenvalue weighted by Crippen LogP contribution is -2.18. The zero-order valence-electron chi connectivity index (χ0n) is 16.4. The van der Waals surface area contributed by atoms with Crippen molar-refractivity contribution in [3.8, 4) is 5.75 Å². The fourth-order valence-corrected chi connectivity index (χ4v) is 3.41. The first-order chi connectivity index (χ1) is 14.5. The fourth-order valence-electron chi connectivity index (χ4n) is 2.56. The third kappa shape index (κ3) is 5.42. The lowest BCUT2D eigenvalue weighted by atomic mass is 10.2. The lowest BCUT2D eigenvalue weighted by molar-refractivity contribution is -0.119. The smallest absolute Gasteiger partial charge is 0.265 e. The molecule has 1 aromatic carbocycles. The number of thiophene rings is 1. The molecule has 154 valence electrons. The van der Waals surface area contributed by atoms with Crippen molar-refractivity contribution >= 4 is 40.4 Å². The van der Waals surface area contributed by atoms with E-state index in [0.717, 1.165) is 4.88 Å². The van der Waals surface area contributed by atoms with Crippen LogP contribution in [-0.4, -0.2) is 29.8 Å². The maximum absolute atomic E-state index is 12.5. The molecule has 0 spiro atoms. The molecule has 0 aliphatic rings. The van der Waals surface area contributed by atoms with Crippen molar-refractivity contribution in [1.82, 2.24) is 10.3 Å². The Morgan fingerprint density at radius 2 is 1.90 bits per heavy atom. The van der Waals surface area contributed by atoms with E-state index in [-0.39, 0.29) is 17.7 Å². The Hall–Kier alpha value is -3.72. The molecule has 0 aliphatic heterocycles. The number of carbonyl (C=O) groups is 3. The van der Waals surface area contributed by atoms with Gasteiger partial charge in [-0.2, -0.15) is 0 Å². The highest BCUT2D eigenvalue weighted by molar-refractivity contribution is 7.14. The number of nitrogens with one attached hydrogen (secondary N) is 3. The van der Waals surface area contributed by atoms with Crippen molar-refractivity contribution in [3.05, 3.63) is 70.2 Å². The Labute approximate surface area is 177 Å². The predicted molar refractivity (Wildman–Crippen MR) is 115 cm³/mol. The molecule has 0 aliphatic carbocycles. The van der Waals surface area contributed by atoms with Crippen molar-refractivity contribution in [1.29, 1.82) is 0 Å². The van der Waals surface area contributed by atoms with Crippen LogP contribution in [0, 0.1) is 0 Å². The average molecular weight is 424 g/mol. The van der Waals surface area contributed by atoms with Gasteiger partial charge in [-0.25, -0.2) is 0 Å². The van der Waals surface area contributed by atoms with Crippen LogP contribution in [0.15, 0.2) is 54.9 Å². The van der Waals surface area contributed by atoms with Crippen LogP contribution < -0.4 is 20.7 Å². The van der Waals surface area contributed by atoms with Crippen LogP contribution in [0.1, 0.15) is 31.8 Å². The highest BCUT2D eigenvalue weighted by Crippen LogP contribution is 2.29. The number of carbonyl (C=O) groups excluding carboxylic acids is 3. The maximum atomic E-state index is 12.5. The fraction of sp³-hybridized carbons (Fsp3) is 0.143. The van der Waals surface area contributed by atoms with Crippen LogP contribution in [0.2, 0.25) is 0 Å². The quantitative estimate of drug-likeness (QED) is 0.539. The summed E-state index contributed by atoms with van der Waals surface area (Å²) in [6, 6.07) is 11.8. The van der Waals surface area contributed by atoms with Gasteiger partial charge in [0.05, 0.1) is 29.8 Å². The Morgan fingerprint density at radius 1 is 1.07 bits per heavy atom. The van der Waals surface area contributed by atoms with E-state index in [2.05, 4.69) is 20.9 Å². The third-order valence-electron chi connectivity index (χ3n) is 4.03. The predicted octanol–water partition coefficient (Wildman–Crippen LogP) is 3.29. The molecule has 2 aromatic heterocycles. The first kappa shape index (κ1) is 21.0. The van der Waals surface area contributed by atoms with Crippen LogP contribution in [-0.2, 0) is 11.3 Å². The monoisotopic (exact) mass is 424 g/mol. The zero-order valence-corrected chi connectivity index (χ0v) is 17.2. The number of benzene rings is 1. The molecule has 0 atom stereocenters. The van der Waals surface area contributed by atoms with Gasteiger partial charge in [-0.15, -0.1) is 11.3 Å². The second-order valence-electron chi connectivity index (χ2n) is 6.24. The standard InChI is InChI=1S/C21H20N4O4S/c1-13(26)23-12-16-6-8-19(30-16)21(28)24-15-5-7-17(18(10-15)29-2)25-20(27)14-4-3-9-22-11-14/h3-11H,12H2,1-2H3,(H,23,26)(H,24,28)(H,25,27). The number of nitrogens with zero attached hydrogens (tertiary/aromatic N) is 1. The summed E-state index contributed by atoms with van der Waals surface area (Å²) in [4.78, 5) is 41.2. The van der Waals surface area contributed by atoms with Gasteiger partial charge in [0, 0.05) is 35.9 Å². The zero-order chi connectivity index (χ0) is 21.5. The molecule has 0 bridgehead atoms. The SMILES string of the molecule is COc1cc(NC(=O)c2ccc(CNC(C)=O)s2)ccc1NC(=O)c1cccnc1. The molecule has 0 radical (unpaired) electrons. The molecular formula is C21H20N4O4S. The Bertz CT molecular complexity index is 1070. The van der Waals surface area contributed by atoms with Crippen molar-refractivity contribution in [2.24, 2.45) is 0 Å². The second-order valence-corrected chi connectivity index (χ2v) is 7.41. The van der Waals surface area contributed by atoms with Crippen molar-refractivity contribution < 1.29 is 19.1 Å². The molecule has 2 heterocycles. The molecule has 3 aromatic rings. The Morgan fingerprint density at radius 3 is 2.60 bits per heavy atom. The summed E-state index contributed by atoms with van der Waals surface area (Å²) in [5, 5.41) is 8.27. The van der Waals surface area contributed by atoms with Gasteiger partial charge >= 0.3 is 0 Å². The van der Waals surface area contributed by atoms with Crippen molar-refractivity contribution in [3.63, 3.8) is 0 Å². The average Bonchev–Trinajstić information content (AvgIpc) is 3.23. The van der Waals surface area contributed by atoms with Crippen LogP contribution in [0.25, 0.3) is 0 Å². The number of anilines is 2. The molecule has 0 saturated carbocycles. The Balaban J connectivity index is 1.68. The number of ether oxygens (including phenoxy) is 1. The van der Waals surface area contributed by atoms with E-state index >= 15 is 0 Å². The summed E-state index contributed by atoms with van der Waals surface area (Å²) in [5.41, 5.74) is 1.41. The summed E-state index contributed by atoms with van der Waals surface area (Å²) in [5.74, 6) is -0.313. The van der Waals surface area contributed by atoms with Gasteiger partial charge in [0.2, 0.25) is 5.91 Å². The summed E-state index contributed by atoms with van der Waals surface area (Å²) in [6.07, 6.45) is 3.06. The minimum absolute atomic E-state index is 0.128. The number of pyridine rings is 1. The number of methoxy groups -OCH3 is 1. The summed E-state index contributed by atoms with van der Waals surface area (Å²) < 4.78 is 5.35. The van der Waals surface area contributed by atoms with Gasteiger partial charge in [0.1, 0.15) is 5.75 Å². The second kappa shape index (κ2) is 9.66. The molecule has 3 rings (SSSR count). The molecular weight excluding hydrogens is 404 g/mol. The van der Waals surface area contributed by atoms with E-state index in [0.29, 0.717) is 34.1 Å². The van der Waals surface area contributed by atoms with Crippen molar-refractivity contribution in [2.45, 2.75) is 13.5 Å². The molecule has 0 unspecified atom stereocenters. The largest absolute Gasteiger partial charge is 0.494 e. The highest BCUT2D eigenvalue weighted by Gasteiger charge is 2.13. The van der Waals surface area contributed by atoms with Gasteiger partial charge in [0.15, 0.2) is 0 Å². The number of aromatic nitrogens is 1. The first-order valence-corrected chi connectivity index (χ1v) is 9.82. The number of amides is 3. The van der Waals surface area contributed by atoms with Crippen LogP contribution >= 0.6 is 11.3 Å². The van der Waals surface area contributed by atoms with E-state index in [1.54, 1.807) is 48.7 Å². The normalized spacial score (nSPS) is 10.2. The highest BCUT2D eigenvalue weighted by atomic mass is 32.1. The van der Waals surface area contributed by atoms with E-state index in [4.69, 9.17) is 4.74 Å². The van der Waals surface area contributed by atoms with Gasteiger partial charge in [-0.3, -0.25) is 19.4 Å². The van der Waals surface area contributed by atoms with Gasteiger partial charge < -0.3 is 20.7 Å². The molecule has 0 fully saturated rings. The van der Waals surface area contributed by atoms with E-state index in [9.17, 15) is 14.4 Å². The van der Waals surface area contributed by atoms with Crippen molar-refractivity contribution in [2.75, 3.05) is 17.7 Å². The van der Waals surface area contributed by atoms with Crippen LogP contribution in [0.3, 0.4) is 0 Å². The minimum Gasteiger partial charge on any atom is -0.494 e. The van der Waals surface area contributed by atoms with Gasteiger partial charge in [-0.1, -0.05) is 0 Å². The number of rotatable bonds is 7. The van der Waals surface area contributed by atoms with Gasteiger partial charge in [0.25, 0.3) is 11.8 Å². The summed E-state index contributed by atoms with van der Waals surface area (Å²) in [7, 11) is 1.48. The molecule has 9 heteroatoms. The van der Waals surface area contributed by atoms with Gasteiger partial charge in [-0.05, 0) is 36.4 Å². The molecule has 0 saturated heterocycles. The van der Waals surface area contributed by atoms with E-state index in [1.165, 1.54) is 31.6 Å². The topological polar surface area (TPSA) is 109 Å². The summed E-state index contributed by atoms with van der Waals surface area (Å²) in [6.45, 7) is 1.82. The summed E-state index contributed by atoms with van der Waals surface area (Å²) >= 11 is 1.30.